The summed E-state index contributed by atoms with van der Waals surface area (Å²) >= 11 is 13.3. The van der Waals surface area contributed by atoms with Gasteiger partial charge in [0, 0.05) is 5.90 Å². The fourth-order valence-electron chi connectivity index (χ4n) is 3.08. The Morgan fingerprint density at radius 2 is 1.00 bits per heavy atom. The summed E-state index contributed by atoms with van der Waals surface area (Å²) in [4.78, 5) is 0. The fourth-order valence-corrected chi connectivity index (χ4v) is 11.6. The van der Waals surface area contributed by atoms with Gasteiger partial charge in [-0.3, -0.25) is 0 Å². The second-order valence-electron chi connectivity index (χ2n) is 5.52. The van der Waals surface area contributed by atoms with E-state index in [1.165, 1.54) is 70.1 Å². The van der Waals surface area contributed by atoms with Crippen LogP contribution in [-0.4, -0.2) is 17.2 Å². The molecule has 4 heteroatoms. The molecule has 17 heavy (non-hydrogen) atoms. The lowest BCUT2D eigenvalue weighted by Crippen LogP contribution is -2.12. The Balaban J connectivity index is 1.74. The van der Waals surface area contributed by atoms with Gasteiger partial charge in [-0.1, -0.05) is 61.0 Å². The molecule has 0 aromatic heterocycles. The summed E-state index contributed by atoms with van der Waals surface area (Å²) in [6, 6.07) is 0. The summed E-state index contributed by atoms with van der Waals surface area (Å²) in [5.74, 6) is 1.17. The lowest BCUT2D eigenvalue weighted by molar-refractivity contribution is 0.511. The summed E-state index contributed by atoms with van der Waals surface area (Å²) in [7, 11) is -0.588. The van der Waals surface area contributed by atoms with E-state index < -0.39 is 0 Å². The van der Waals surface area contributed by atoms with Gasteiger partial charge >= 0.3 is 0 Å². The highest BCUT2D eigenvalue weighted by Crippen LogP contribution is 2.65. The SMILES string of the molecule is ClP(CP(Cl)C1CCCCC1)C1CCCCC1. The number of hydrogen-bond donors (Lipinski definition) is 0. The standard InChI is InChI=1S/C13H24Cl2P2/c14-16(12-7-3-1-4-8-12)11-17(15)13-9-5-2-6-10-13/h12-13H,1-11H2. The van der Waals surface area contributed by atoms with Crippen LogP contribution in [0, 0.1) is 0 Å². The molecule has 0 amide bonds. The maximum Gasteiger partial charge on any atom is 0.0162 e. The topological polar surface area (TPSA) is 0 Å². The van der Waals surface area contributed by atoms with Crippen molar-refractivity contribution in [1.82, 2.24) is 0 Å². The van der Waals surface area contributed by atoms with Crippen LogP contribution in [0.2, 0.25) is 0 Å². The molecule has 0 aromatic rings. The van der Waals surface area contributed by atoms with E-state index in [0.29, 0.717) is 0 Å². The minimum Gasteiger partial charge on any atom is -0.0957 e. The molecule has 2 unspecified atom stereocenters. The number of rotatable bonds is 4. The van der Waals surface area contributed by atoms with E-state index in [-0.39, 0.29) is 14.5 Å². The summed E-state index contributed by atoms with van der Waals surface area (Å²) in [5, 5.41) is 0. The van der Waals surface area contributed by atoms with Crippen molar-refractivity contribution in [1.29, 1.82) is 0 Å². The van der Waals surface area contributed by atoms with E-state index in [1.807, 2.05) is 0 Å². The second-order valence-corrected chi connectivity index (χ2v) is 12.3. The monoisotopic (exact) mass is 312 g/mol. The van der Waals surface area contributed by atoms with Crippen LogP contribution >= 0.6 is 37.0 Å². The third-order valence-electron chi connectivity index (χ3n) is 4.21. The summed E-state index contributed by atoms with van der Waals surface area (Å²) in [6.07, 6.45) is 14.0. The molecule has 2 rings (SSSR count). The van der Waals surface area contributed by atoms with Crippen LogP contribution in [0.3, 0.4) is 0 Å². The zero-order chi connectivity index (χ0) is 12.1. The summed E-state index contributed by atoms with van der Waals surface area (Å²) in [6.45, 7) is 0. The van der Waals surface area contributed by atoms with Crippen molar-refractivity contribution >= 4 is 37.0 Å². The van der Waals surface area contributed by atoms with Crippen molar-refractivity contribution in [2.75, 3.05) is 5.90 Å². The quantitative estimate of drug-likeness (QED) is 0.496. The molecule has 0 heterocycles. The highest BCUT2D eigenvalue weighted by Gasteiger charge is 2.28. The van der Waals surface area contributed by atoms with Gasteiger partial charge in [-0.2, -0.15) is 0 Å². The average Bonchev–Trinajstić information content (AvgIpc) is 2.40. The summed E-state index contributed by atoms with van der Waals surface area (Å²) in [5.41, 5.74) is 1.65. The molecule has 0 saturated heterocycles. The van der Waals surface area contributed by atoms with Crippen LogP contribution in [0.25, 0.3) is 0 Å². The predicted octanol–water partition coefficient (Wildman–Crippen LogP) is 6.88. The van der Waals surface area contributed by atoms with Crippen LogP contribution < -0.4 is 0 Å². The van der Waals surface area contributed by atoms with E-state index >= 15 is 0 Å². The molecule has 100 valence electrons. The van der Waals surface area contributed by atoms with E-state index in [2.05, 4.69) is 0 Å². The lowest BCUT2D eigenvalue weighted by Gasteiger charge is -2.31. The normalized spacial score (nSPS) is 27.9. The Morgan fingerprint density at radius 3 is 1.35 bits per heavy atom. The van der Waals surface area contributed by atoms with Crippen molar-refractivity contribution in [2.24, 2.45) is 0 Å². The van der Waals surface area contributed by atoms with Gasteiger partial charge in [0.2, 0.25) is 0 Å². The van der Waals surface area contributed by atoms with E-state index in [1.54, 1.807) is 0 Å². The van der Waals surface area contributed by atoms with Crippen molar-refractivity contribution < 1.29 is 0 Å². The molecule has 0 spiro atoms. The summed E-state index contributed by atoms with van der Waals surface area (Å²) < 4.78 is 0. The van der Waals surface area contributed by atoms with Gasteiger partial charge in [0.25, 0.3) is 0 Å². The third kappa shape index (κ3) is 4.80. The Morgan fingerprint density at radius 1 is 0.647 bits per heavy atom. The molecule has 0 aromatic carbocycles. The fraction of sp³-hybridized carbons (Fsp3) is 1.00. The number of hydrogen-bond acceptors (Lipinski definition) is 0. The first-order valence-corrected chi connectivity index (χ1v) is 12.1. The predicted molar refractivity (Wildman–Crippen MR) is 84.2 cm³/mol. The van der Waals surface area contributed by atoms with Crippen LogP contribution in [0.1, 0.15) is 64.2 Å². The first-order valence-electron chi connectivity index (χ1n) is 7.12. The van der Waals surface area contributed by atoms with Crippen LogP contribution in [0.4, 0.5) is 0 Å². The zero-order valence-corrected chi connectivity index (χ0v) is 13.9. The van der Waals surface area contributed by atoms with Crippen molar-refractivity contribution in [3.63, 3.8) is 0 Å². The Hall–Kier alpha value is 1.44. The Bertz CT molecular complexity index is 191. The van der Waals surface area contributed by atoms with Crippen LogP contribution in [-0.2, 0) is 0 Å². The minimum atomic E-state index is -0.294. The van der Waals surface area contributed by atoms with Gasteiger partial charge < -0.3 is 0 Å². The smallest absolute Gasteiger partial charge is 0.0162 e. The maximum atomic E-state index is 6.67. The molecular formula is C13H24Cl2P2. The van der Waals surface area contributed by atoms with Crippen molar-refractivity contribution in [3.8, 4) is 0 Å². The minimum absolute atomic E-state index is 0.294. The zero-order valence-electron chi connectivity index (χ0n) is 10.6. The second kappa shape index (κ2) is 7.89. The van der Waals surface area contributed by atoms with Gasteiger partial charge in [-0.15, -0.1) is 0 Å². The van der Waals surface area contributed by atoms with E-state index in [9.17, 15) is 0 Å². The molecule has 0 nitrogen and oxygen atoms in total. The highest BCUT2D eigenvalue weighted by atomic mass is 35.7. The molecule has 0 aliphatic heterocycles. The molecule has 2 aliphatic carbocycles. The van der Waals surface area contributed by atoms with Gasteiger partial charge in [-0.25, -0.2) is 0 Å². The molecule has 2 atom stereocenters. The van der Waals surface area contributed by atoms with Crippen molar-refractivity contribution in [2.45, 2.75) is 75.5 Å². The maximum absolute atomic E-state index is 6.67. The Labute approximate surface area is 118 Å². The van der Waals surface area contributed by atoms with Gasteiger partial charge in [0.15, 0.2) is 0 Å². The Kier molecular flexibility index (Phi) is 6.89. The molecule has 2 saturated carbocycles. The van der Waals surface area contributed by atoms with Crippen LogP contribution in [0.15, 0.2) is 0 Å². The number of halogens is 2. The molecular weight excluding hydrogens is 289 g/mol. The van der Waals surface area contributed by atoms with E-state index in [4.69, 9.17) is 22.5 Å². The molecule has 2 fully saturated rings. The average molecular weight is 313 g/mol. The first-order chi connectivity index (χ1) is 8.27. The van der Waals surface area contributed by atoms with Crippen molar-refractivity contribution in [3.05, 3.63) is 0 Å². The van der Waals surface area contributed by atoms with E-state index in [0.717, 1.165) is 11.3 Å². The van der Waals surface area contributed by atoms with Gasteiger partial charge in [-0.05, 0) is 51.5 Å². The molecule has 0 N–H and O–H groups in total. The highest BCUT2D eigenvalue weighted by molar-refractivity contribution is 7.98. The van der Waals surface area contributed by atoms with Crippen LogP contribution in [0.5, 0.6) is 0 Å². The molecule has 0 bridgehead atoms. The first kappa shape index (κ1) is 14.8. The largest absolute Gasteiger partial charge is 0.0957 e. The van der Waals surface area contributed by atoms with Gasteiger partial charge in [0.05, 0.1) is 0 Å². The molecule has 0 radical (unpaired) electrons. The molecule has 2 aliphatic rings. The van der Waals surface area contributed by atoms with Gasteiger partial charge in [0.1, 0.15) is 0 Å². The third-order valence-corrected chi connectivity index (χ3v) is 12.6. The lowest BCUT2D eigenvalue weighted by atomic mass is 10.0.